The van der Waals surface area contributed by atoms with E-state index in [9.17, 15) is 0 Å². The van der Waals surface area contributed by atoms with Gasteiger partial charge in [-0.2, -0.15) is 0 Å². The molecule has 1 N–H and O–H groups in total. The molecule has 0 aliphatic carbocycles. The average molecular weight is 400 g/mol. The molecule has 2 rings (SSSR count). The van der Waals surface area contributed by atoms with E-state index < -0.39 is 0 Å². The summed E-state index contributed by atoms with van der Waals surface area (Å²) in [4.78, 5) is 2.70. The first-order valence-electron chi connectivity index (χ1n) is 8.21. The molecular weight excluding hydrogens is 371 g/mol. The first kappa shape index (κ1) is 17.2. The van der Waals surface area contributed by atoms with Crippen molar-refractivity contribution in [3.8, 4) is 0 Å². The first-order chi connectivity index (χ1) is 9.97. The molecule has 1 aromatic rings. The molecule has 1 saturated heterocycles. The number of benzene rings is 1. The maximum absolute atomic E-state index is 3.79. The molecule has 3 unspecified atom stereocenters. The van der Waals surface area contributed by atoms with Crippen LogP contribution >= 0.6 is 22.6 Å². The second-order valence-corrected chi connectivity index (χ2v) is 8.03. The molecule has 2 nitrogen and oxygen atoms in total. The van der Waals surface area contributed by atoms with Crippen LogP contribution in [0.5, 0.6) is 0 Å². The second-order valence-electron chi connectivity index (χ2n) is 6.78. The molecule has 21 heavy (non-hydrogen) atoms. The van der Waals surface area contributed by atoms with E-state index in [2.05, 4.69) is 84.8 Å². The van der Waals surface area contributed by atoms with Crippen molar-refractivity contribution in [1.29, 1.82) is 0 Å². The van der Waals surface area contributed by atoms with Crippen molar-refractivity contribution < 1.29 is 0 Å². The van der Waals surface area contributed by atoms with Crippen molar-refractivity contribution >= 4 is 22.6 Å². The molecule has 0 aromatic heterocycles. The molecule has 0 saturated carbocycles. The van der Waals surface area contributed by atoms with Gasteiger partial charge < -0.3 is 5.32 Å². The van der Waals surface area contributed by atoms with E-state index in [1.54, 1.807) is 0 Å². The molecule has 1 fully saturated rings. The Morgan fingerprint density at radius 1 is 1.33 bits per heavy atom. The van der Waals surface area contributed by atoms with Crippen molar-refractivity contribution in [3.63, 3.8) is 0 Å². The van der Waals surface area contributed by atoms with E-state index in [0.717, 1.165) is 25.6 Å². The number of nitrogens with zero attached hydrogens (tertiary/aromatic N) is 1. The van der Waals surface area contributed by atoms with Gasteiger partial charge in [0.2, 0.25) is 0 Å². The van der Waals surface area contributed by atoms with Gasteiger partial charge in [0.25, 0.3) is 0 Å². The number of piperazine rings is 1. The minimum atomic E-state index is 0.257. The molecule has 1 heterocycles. The highest BCUT2D eigenvalue weighted by Crippen LogP contribution is 2.26. The smallest absolute Gasteiger partial charge is 0.0278 e. The maximum Gasteiger partial charge on any atom is 0.0278 e. The fourth-order valence-corrected chi connectivity index (χ4v) is 3.53. The predicted molar refractivity (Wildman–Crippen MR) is 99.5 cm³/mol. The van der Waals surface area contributed by atoms with Crippen LogP contribution in [-0.2, 0) is 6.54 Å². The first-order valence-corrected chi connectivity index (χ1v) is 9.29. The molecular formula is C18H29IN2. The molecule has 3 heteroatoms. The summed E-state index contributed by atoms with van der Waals surface area (Å²) in [5, 5.41) is 3.79. The standard InChI is InChI=1S/C18H29IN2/c1-5-14(3)17-11-20-18(4,6-2)13-21(17)12-15-7-9-16(19)10-8-15/h7-10,14,17,20H,5-6,11-13H2,1-4H3. The fraction of sp³-hybridized carbons (Fsp3) is 0.667. The van der Waals surface area contributed by atoms with Gasteiger partial charge in [-0.3, -0.25) is 4.90 Å². The van der Waals surface area contributed by atoms with Gasteiger partial charge in [-0.1, -0.05) is 39.3 Å². The van der Waals surface area contributed by atoms with Crippen LogP contribution in [0.1, 0.15) is 46.1 Å². The average Bonchev–Trinajstić information content (AvgIpc) is 2.49. The van der Waals surface area contributed by atoms with Gasteiger partial charge in [-0.05, 0) is 59.5 Å². The van der Waals surface area contributed by atoms with E-state index in [1.165, 1.54) is 22.0 Å². The molecule has 1 aliphatic rings. The Labute approximate surface area is 143 Å². The van der Waals surface area contributed by atoms with E-state index in [0.29, 0.717) is 6.04 Å². The Bertz CT molecular complexity index is 445. The summed E-state index contributed by atoms with van der Waals surface area (Å²) in [6.07, 6.45) is 2.43. The lowest BCUT2D eigenvalue weighted by Gasteiger charge is -2.48. The molecule has 0 amide bonds. The monoisotopic (exact) mass is 400 g/mol. The zero-order chi connectivity index (χ0) is 15.5. The Morgan fingerprint density at radius 3 is 2.57 bits per heavy atom. The van der Waals surface area contributed by atoms with Crippen molar-refractivity contribution in [2.24, 2.45) is 5.92 Å². The number of rotatable bonds is 5. The highest BCUT2D eigenvalue weighted by molar-refractivity contribution is 14.1. The number of hydrogen-bond donors (Lipinski definition) is 1. The fourth-order valence-electron chi connectivity index (χ4n) is 3.17. The number of halogens is 1. The van der Waals surface area contributed by atoms with E-state index >= 15 is 0 Å². The van der Waals surface area contributed by atoms with Crippen molar-refractivity contribution in [1.82, 2.24) is 10.2 Å². The summed E-state index contributed by atoms with van der Waals surface area (Å²) in [7, 11) is 0. The molecule has 118 valence electrons. The van der Waals surface area contributed by atoms with Gasteiger partial charge in [0, 0.05) is 34.8 Å². The third-order valence-corrected chi connectivity index (χ3v) is 5.86. The quantitative estimate of drug-likeness (QED) is 0.743. The molecule has 0 spiro atoms. The van der Waals surface area contributed by atoms with Gasteiger partial charge >= 0.3 is 0 Å². The normalized spacial score (nSPS) is 28.5. The second kappa shape index (κ2) is 7.42. The minimum absolute atomic E-state index is 0.257. The van der Waals surface area contributed by atoms with Crippen molar-refractivity contribution in [2.75, 3.05) is 13.1 Å². The lowest BCUT2D eigenvalue weighted by atomic mass is 9.88. The predicted octanol–water partition coefficient (Wildman–Crippen LogP) is 4.28. The molecule has 1 aliphatic heterocycles. The lowest BCUT2D eigenvalue weighted by molar-refractivity contribution is 0.0487. The van der Waals surface area contributed by atoms with E-state index in [4.69, 9.17) is 0 Å². The molecule has 0 radical (unpaired) electrons. The van der Waals surface area contributed by atoms with Crippen LogP contribution in [0.15, 0.2) is 24.3 Å². The van der Waals surface area contributed by atoms with Crippen LogP contribution in [0.25, 0.3) is 0 Å². The van der Waals surface area contributed by atoms with Crippen LogP contribution < -0.4 is 5.32 Å². The highest BCUT2D eigenvalue weighted by Gasteiger charge is 2.36. The molecule has 0 bridgehead atoms. The summed E-state index contributed by atoms with van der Waals surface area (Å²) >= 11 is 2.38. The Balaban J connectivity index is 2.14. The van der Waals surface area contributed by atoms with Gasteiger partial charge in [-0.25, -0.2) is 0 Å². The van der Waals surface area contributed by atoms with Crippen LogP contribution in [0.2, 0.25) is 0 Å². The Morgan fingerprint density at radius 2 is 2.00 bits per heavy atom. The van der Waals surface area contributed by atoms with Gasteiger partial charge in [-0.15, -0.1) is 0 Å². The maximum atomic E-state index is 3.79. The lowest BCUT2D eigenvalue weighted by Crippen LogP contribution is -2.63. The zero-order valence-electron chi connectivity index (χ0n) is 13.8. The molecule has 3 atom stereocenters. The summed E-state index contributed by atoms with van der Waals surface area (Å²) < 4.78 is 1.31. The summed E-state index contributed by atoms with van der Waals surface area (Å²) in [6, 6.07) is 9.64. The Hall–Kier alpha value is -0.130. The molecule has 1 aromatic carbocycles. The van der Waals surface area contributed by atoms with E-state index in [1.807, 2.05) is 0 Å². The summed E-state index contributed by atoms with van der Waals surface area (Å²) in [5.41, 5.74) is 1.69. The largest absolute Gasteiger partial charge is 0.309 e. The van der Waals surface area contributed by atoms with Gasteiger partial charge in [0.15, 0.2) is 0 Å². The van der Waals surface area contributed by atoms with Crippen molar-refractivity contribution in [3.05, 3.63) is 33.4 Å². The third-order valence-electron chi connectivity index (χ3n) is 5.14. The number of hydrogen-bond acceptors (Lipinski definition) is 2. The third kappa shape index (κ3) is 4.42. The highest BCUT2D eigenvalue weighted by atomic mass is 127. The minimum Gasteiger partial charge on any atom is -0.309 e. The van der Waals surface area contributed by atoms with Gasteiger partial charge in [0.1, 0.15) is 0 Å². The Kier molecular flexibility index (Phi) is 6.09. The van der Waals surface area contributed by atoms with E-state index in [-0.39, 0.29) is 5.54 Å². The van der Waals surface area contributed by atoms with Crippen LogP contribution in [-0.4, -0.2) is 29.6 Å². The van der Waals surface area contributed by atoms with Crippen molar-refractivity contribution in [2.45, 2.75) is 58.7 Å². The summed E-state index contributed by atoms with van der Waals surface area (Å²) in [6.45, 7) is 12.7. The SMILES string of the molecule is CCC(C)C1CNC(C)(CC)CN1Cc1ccc(I)cc1. The van der Waals surface area contributed by atoms with Crippen LogP contribution in [0, 0.1) is 9.49 Å². The summed E-state index contributed by atoms with van der Waals surface area (Å²) in [5.74, 6) is 0.739. The van der Waals surface area contributed by atoms with Crippen LogP contribution in [0.3, 0.4) is 0 Å². The number of nitrogens with one attached hydrogen (secondary N) is 1. The van der Waals surface area contributed by atoms with Crippen LogP contribution in [0.4, 0.5) is 0 Å². The topological polar surface area (TPSA) is 15.3 Å². The van der Waals surface area contributed by atoms with Gasteiger partial charge in [0.05, 0.1) is 0 Å². The zero-order valence-corrected chi connectivity index (χ0v) is 16.0.